The van der Waals surface area contributed by atoms with Crippen molar-refractivity contribution >= 4 is 6.41 Å². The molecule has 1 aromatic carbocycles. The summed E-state index contributed by atoms with van der Waals surface area (Å²) < 4.78 is 11.0. The lowest BCUT2D eigenvalue weighted by atomic mass is 10.2. The molecule has 122 valence electrons. The van der Waals surface area contributed by atoms with Crippen LogP contribution in [-0.2, 0) is 17.9 Å². The fourth-order valence-electron chi connectivity index (χ4n) is 2.31. The maximum atomic E-state index is 11.4. The molecular formula is C18H22N2O3. The second kappa shape index (κ2) is 8.17. The minimum absolute atomic E-state index is 0.118. The normalized spacial score (nSPS) is 10.4. The number of benzene rings is 1. The standard InChI is InChI=1S/C18H22N2O3/c1-14(2)23-17-6-4-5-15(9-17)11-20(13-21)12-16-10-19-8-7-18(16)22-3/h4-10,13-14H,11-12H2,1-3H3. The Morgan fingerprint density at radius 1 is 1.26 bits per heavy atom. The van der Waals surface area contributed by atoms with Gasteiger partial charge in [-0.05, 0) is 37.6 Å². The molecule has 0 aliphatic carbocycles. The predicted molar refractivity (Wildman–Crippen MR) is 88.3 cm³/mol. The SMILES string of the molecule is COc1ccncc1CN(C=O)Cc1cccc(OC(C)C)c1. The van der Waals surface area contributed by atoms with Crippen molar-refractivity contribution in [3.05, 3.63) is 53.9 Å². The van der Waals surface area contributed by atoms with Gasteiger partial charge in [-0.1, -0.05) is 12.1 Å². The Kier molecular flexibility index (Phi) is 5.97. The zero-order valence-corrected chi connectivity index (χ0v) is 13.7. The Morgan fingerprint density at radius 3 is 2.78 bits per heavy atom. The van der Waals surface area contributed by atoms with Crippen LogP contribution in [0.1, 0.15) is 25.0 Å². The molecule has 0 bridgehead atoms. The van der Waals surface area contributed by atoms with Gasteiger partial charge in [-0.15, -0.1) is 0 Å². The molecule has 1 heterocycles. The van der Waals surface area contributed by atoms with Crippen LogP contribution in [0.4, 0.5) is 0 Å². The van der Waals surface area contributed by atoms with Gasteiger partial charge in [0.2, 0.25) is 6.41 Å². The molecule has 0 aliphatic heterocycles. The van der Waals surface area contributed by atoms with Gasteiger partial charge in [0.15, 0.2) is 0 Å². The highest BCUT2D eigenvalue weighted by atomic mass is 16.5. The molecule has 0 radical (unpaired) electrons. The number of amides is 1. The summed E-state index contributed by atoms with van der Waals surface area (Å²) >= 11 is 0. The molecule has 5 heteroatoms. The fourth-order valence-corrected chi connectivity index (χ4v) is 2.31. The van der Waals surface area contributed by atoms with E-state index in [0.717, 1.165) is 29.0 Å². The molecule has 1 amide bonds. The minimum Gasteiger partial charge on any atom is -0.496 e. The van der Waals surface area contributed by atoms with Crippen molar-refractivity contribution in [2.75, 3.05) is 7.11 Å². The first-order chi connectivity index (χ1) is 11.1. The van der Waals surface area contributed by atoms with Crippen LogP contribution in [0, 0.1) is 0 Å². The van der Waals surface area contributed by atoms with Gasteiger partial charge in [-0.25, -0.2) is 0 Å². The highest BCUT2D eigenvalue weighted by molar-refractivity contribution is 5.48. The molecule has 0 saturated carbocycles. The van der Waals surface area contributed by atoms with Gasteiger partial charge < -0.3 is 14.4 Å². The Bertz CT molecular complexity index is 644. The van der Waals surface area contributed by atoms with Gasteiger partial charge >= 0.3 is 0 Å². The Morgan fingerprint density at radius 2 is 2.09 bits per heavy atom. The summed E-state index contributed by atoms with van der Waals surface area (Å²) in [6.07, 6.45) is 4.34. The summed E-state index contributed by atoms with van der Waals surface area (Å²) in [4.78, 5) is 17.2. The van der Waals surface area contributed by atoms with Crippen LogP contribution in [0.15, 0.2) is 42.7 Å². The van der Waals surface area contributed by atoms with Gasteiger partial charge in [0.05, 0.1) is 19.8 Å². The van der Waals surface area contributed by atoms with Crippen molar-refractivity contribution in [1.82, 2.24) is 9.88 Å². The van der Waals surface area contributed by atoms with Gasteiger partial charge in [0, 0.05) is 24.5 Å². The third-order valence-corrected chi connectivity index (χ3v) is 3.26. The lowest BCUT2D eigenvalue weighted by Crippen LogP contribution is -2.21. The number of carbonyl (C=O) groups is 1. The number of methoxy groups -OCH3 is 1. The van der Waals surface area contributed by atoms with E-state index in [9.17, 15) is 4.79 Å². The third-order valence-electron chi connectivity index (χ3n) is 3.26. The van der Waals surface area contributed by atoms with Crippen LogP contribution >= 0.6 is 0 Å². The second-order valence-corrected chi connectivity index (χ2v) is 5.51. The molecule has 23 heavy (non-hydrogen) atoms. The van der Waals surface area contributed by atoms with Crippen LogP contribution in [0.3, 0.4) is 0 Å². The van der Waals surface area contributed by atoms with E-state index in [2.05, 4.69) is 4.98 Å². The molecule has 0 unspecified atom stereocenters. The first-order valence-electron chi connectivity index (χ1n) is 7.54. The minimum atomic E-state index is 0.118. The van der Waals surface area contributed by atoms with Crippen LogP contribution in [-0.4, -0.2) is 29.5 Å². The highest BCUT2D eigenvalue weighted by Gasteiger charge is 2.10. The van der Waals surface area contributed by atoms with Crippen LogP contribution in [0.25, 0.3) is 0 Å². The molecule has 1 aromatic heterocycles. The number of pyridine rings is 1. The molecular weight excluding hydrogens is 292 g/mol. The highest BCUT2D eigenvalue weighted by Crippen LogP contribution is 2.20. The topological polar surface area (TPSA) is 51.7 Å². The van der Waals surface area contributed by atoms with Crippen LogP contribution in [0.5, 0.6) is 11.5 Å². The molecule has 0 saturated heterocycles. The van der Waals surface area contributed by atoms with E-state index in [1.54, 1.807) is 30.5 Å². The Balaban J connectivity index is 2.09. The van der Waals surface area contributed by atoms with E-state index < -0.39 is 0 Å². The van der Waals surface area contributed by atoms with Crippen LogP contribution < -0.4 is 9.47 Å². The number of nitrogens with zero attached hydrogens (tertiary/aromatic N) is 2. The van der Waals surface area contributed by atoms with E-state index in [1.165, 1.54) is 0 Å². The van der Waals surface area contributed by atoms with Crippen molar-refractivity contribution in [3.8, 4) is 11.5 Å². The maximum absolute atomic E-state index is 11.4. The average molecular weight is 314 g/mol. The largest absolute Gasteiger partial charge is 0.496 e. The summed E-state index contributed by atoms with van der Waals surface area (Å²) in [5.74, 6) is 1.53. The second-order valence-electron chi connectivity index (χ2n) is 5.51. The van der Waals surface area contributed by atoms with Gasteiger partial charge in [0.1, 0.15) is 11.5 Å². The van der Waals surface area contributed by atoms with Crippen LogP contribution in [0.2, 0.25) is 0 Å². The van der Waals surface area contributed by atoms with Crippen molar-refractivity contribution in [2.24, 2.45) is 0 Å². The van der Waals surface area contributed by atoms with Gasteiger partial charge in [0.25, 0.3) is 0 Å². The first-order valence-corrected chi connectivity index (χ1v) is 7.54. The van der Waals surface area contributed by atoms with E-state index >= 15 is 0 Å². The smallest absolute Gasteiger partial charge is 0.210 e. The number of hydrogen-bond acceptors (Lipinski definition) is 4. The number of hydrogen-bond donors (Lipinski definition) is 0. The lowest BCUT2D eigenvalue weighted by molar-refractivity contribution is -0.119. The van der Waals surface area contributed by atoms with Crippen molar-refractivity contribution in [2.45, 2.75) is 33.0 Å². The quantitative estimate of drug-likeness (QED) is 0.703. The van der Waals surface area contributed by atoms with Crippen molar-refractivity contribution in [1.29, 1.82) is 0 Å². The molecule has 0 fully saturated rings. The summed E-state index contributed by atoms with van der Waals surface area (Å²) in [5, 5.41) is 0. The van der Waals surface area contributed by atoms with Crippen molar-refractivity contribution < 1.29 is 14.3 Å². The van der Waals surface area contributed by atoms with Gasteiger partial charge in [-0.2, -0.15) is 0 Å². The molecule has 0 spiro atoms. The molecule has 2 rings (SSSR count). The average Bonchev–Trinajstić information content (AvgIpc) is 2.54. The monoisotopic (exact) mass is 314 g/mol. The molecule has 0 N–H and O–H groups in total. The van der Waals surface area contributed by atoms with Gasteiger partial charge in [-0.3, -0.25) is 9.78 Å². The fraction of sp³-hybridized carbons (Fsp3) is 0.333. The number of aromatic nitrogens is 1. The predicted octanol–water partition coefficient (Wildman–Crippen LogP) is 3.04. The molecule has 0 aliphatic rings. The molecule has 5 nitrogen and oxygen atoms in total. The summed E-state index contributed by atoms with van der Waals surface area (Å²) in [6.45, 7) is 4.91. The lowest BCUT2D eigenvalue weighted by Gasteiger charge is -2.19. The summed E-state index contributed by atoms with van der Waals surface area (Å²) in [7, 11) is 1.61. The van der Waals surface area contributed by atoms with E-state index in [-0.39, 0.29) is 6.10 Å². The first kappa shape index (κ1) is 16.8. The number of ether oxygens (including phenoxy) is 2. The zero-order chi connectivity index (χ0) is 16.7. The van der Waals surface area contributed by atoms with E-state index in [1.807, 2.05) is 38.1 Å². The molecule has 2 aromatic rings. The maximum Gasteiger partial charge on any atom is 0.210 e. The zero-order valence-electron chi connectivity index (χ0n) is 13.7. The molecule has 0 atom stereocenters. The Hall–Kier alpha value is -2.56. The summed E-state index contributed by atoms with van der Waals surface area (Å²) in [5.41, 5.74) is 1.88. The number of rotatable bonds is 8. The van der Waals surface area contributed by atoms with E-state index in [0.29, 0.717) is 13.1 Å². The summed E-state index contributed by atoms with van der Waals surface area (Å²) in [6, 6.07) is 9.57. The third kappa shape index (κ3) is 4.98. The Labute approximate surface area is 136 Å². The van der Waals surface area contributed by atoms with Crippen molar-refractivity contribution in [3.63, 3.8) is 0 Å². The van der Waals surface area contributed by atoms with E-state index in [4.69, 9.17) is 9.47 Å². The number of carbonyl (C=O) groups excluding carboxylic acids is 1.